The van der Waals surface area contributed by atoms with Crippen LogP contribution >= 0.6 is 11.6 Å². The molecule has 1 aromatic carbocycles. The van der Waals surface area contributed by atoms with Crippen molar-refractivity contribution in [2.75, 3.05) is 13.6 Å². The van der Waals surface area contributed by atoms with E-state index in [1.54, 1.807) is 0 Å². The van der Waals surface area contributed by atoms with Crippen LogP contribution in [0.4, 0.5) is 0 Å². The lowest BCUT2D eigenvalue weighted by Gasteiger charge is -2.26. The number of nitrogens with one attached hydrogen (secondary N) is 1. The van der Waals surface area contributed by atoms with Crippen LogP contribution in [0.5, 0.6) is 5.75 Å². The number of aryl methyl sites for hydroxylation is 1. The molecule has 0 unspecified atom stereocenters. The van der Waals surface area contributed by atoms with Crippen molar-refractivity contribution in [3.63, 3.8) is 0 Å². The zero-order chi connectivity index (χ0) is 11.5. The first kappa shape index (κ1) is 12.3. The summed E-state index contributed by atoms with van der Waals surface area (Å²) in [6, 6.07) is 5.72. The second kappa shape index (κ2) is 4.86. The molecule has 0 bridgehead atoms. The Bertz CT molecular complexity index is 336. The van der Waals surface area contributed by atoms with Gasteiger partial charge >= 0.3 is 0 Å². The van der Waals surface area contributed by atoms with Gasteiger partial charge in [0, 0.05) is 11.6 Å². The van der Waals surface area contributed by atoms with Gasteiger partial charge in [-0.05, 0) is 51.6 Å². The summed E-state index contributed by atoms with van der Waals surface area (Å²) in [5.41, 5.74) is 0.823. The number of halogens is 1. The van der Waals surface area contributed by atoms with Crippen molar-refractivity contribution in [1.29, 1.82) is 0 Å². The largest absolute Gasteiger partial charge is 0.487 e. The van der Waals surface area contributed by atoms with Gasteiger partial charge in [0.1, 0.15) is 11.4 Å². The summed E-state index contributed by atoms with van der Waals surface area (Å²) in [6.45, 7) is 6.87. The van der Waals surface area contributed by atoms with Gasteiger partial charge in [-0.2, -0.15) is 0 Å². The summed E-state index contributed by atoms with van der Waals surface area (Å²) in [5, 5.41) is 3.88. The fourth-order valence-corrected chi connectivity index (χ4v) is 1.58. The van der Waals surface area contributed by atoms with E-state index < -0.39 is 0 Å². The van der Waals surface area contributed by atoms with Gasteiger partial charge in [0.15, 0.2) is 0 Å². The van der Waals surface area contributed by atoms with Gasteiger partial charge in [0.25, 0.3) is 0 Å². The molecule has 0 spiro atoms. The second-order valence-corrected chi connectivity index (χ2v) is 4.71. The van der Waals surface area contributed by atoms with E-state index in [0.717, 1.165) is 22.9 Å². The topological polar surface area (TPSA) is 21.3 Å². The quantitative estimate of drug-likeness (QED) is 0.854. The molecule has 0 fully saturated rings. The van der Waals surface area contributed by atoms with E-state index in [9.17, 15) is 0 Å². The fraction of sp³-hybridized carbons (Fsp3) is 0.500. The number of rotatable bonds is 4. The molecule has 0 aliphatic rings. The van der Waals surface area contributed by atoms with Crippen molar-refractivity contribution in [3.05, 3.63) is 28.8 Å². The van der Waals surface area contributed by atoms with Gasteiger partial charge in [-0.3, -0.25) is 0 Å². The molecule has 1 rings (SSSR count). The predicted molar refractivity (Wildman–Crippen MR) is 64.8 cm³/mol. The molecular weight excluding hydrogens is 210 g/mol. The van der Waals surface area contributed by atoms with Crippen LogP contribution < -0.4 is 10.1 Å². The minimum atomic E-state index is -0.213. The third-order valence-corrected chi connectivity index (χ3v) is 2.55. The SMILES string of the molecule is CNCC(C)(C)Oc1ccc(Cl)c(C)c1. The van der Waals surface area contributed by atoms with Gasteiger partial charge in [0.2, 0.25) is 0 Å². The zero-order valence-corrected chi connectivity index (χ0v) is 10.5. The number of ether oxygens (including phenoxy) is 1. The molecule has 3 heteroatoms. The lowest BCUT2D eigenvalue weighted by molar-refractivity contribution is 0.110. The Morgan fingerprint density at radius 3 is 2.60 bits per heavy atom. The Morgan fingerprint density at radius 2 is 2.07 bits per heavy atom. The normalized spacial score (nSPS) is 11.5. The highest BCUT2D eigenvalue weighted by atomic mass is 35.5. The van der Waals surface area contributed by atoms with Crippen molar-refractivity contribution < 1.29 is 4.74 Å². The van der Waals surface area contributed by atoms with Crippen molar-refractivity contribution in [2.24, 2.45) is 0 Å². The van der Waals surface area contributed by atoms with Gasteiger partial charge < -0.3 is 10.1 Å². The van der Waals surface area contributed by atoms with Crippen LogP contribution in [-0.2, 0) is 0 Å². The number of hydrogen-bond donors (Lipinski definition) is 1. The first-order chi connectivity index (χ1) is 6.94. The molecular formula is C12H18ClNO. The van der Waals surface area contributed by atoms with Crippen LogP contribution in [0, 0.1) is 6.92 Å². The van der Waals surface area contributed by atoms with Crippen LogP contribution in [0.3, 0.4) is 0 Å². The van der Waals surface area contributed by atoms with Crippen molar-refractivity contribution in [1.82, 2.24) is 5.32 Å². The first-order valence-electron chi connectivity index (χ1n) is 5.04. The van der Waals surface area contributed by atoms with Crippen LogP contribution in [0.25, 0.3) is 0 Å². The lowest BCUT2D eigenvalue weighted by atomic mass is 10.1. The molecule has 0 saturated carbocycles. The van der Waals surface area contributed by atoms with Crippen LogP contribution in [0.2, 0.25) is 5.02 Å². The van der Waals surface area contributed by atoms with E-state index in [1.807, 2.05) is 46.0 Å². The Morgan fingerprint density at radius 1 is 1.40 bits per heavy atom. The molecule has 0 atom stereocenters. The average Bonchev–Trinajstić information content (AvgIpc) is 2.10. The number of benzene rings is 1. The third kappa shape index (κ3) is 3.73. The molecule has 84 valence electrons. The summed E-state index contributed by atoms with van der Waals surface area (Å²) in [6.07, 6.45) is 0. The highest BCUT2D eigenvalue weighted by molar-refractivity contribution is 6.31. The molecule has 0 aromatic heterocycles. The molecule has 0 amide bonds. The van der Waals surface area contributed by atoms with E-state index in [1.165, 1.54) is 0 Å². The van der Waals surface area contributed by atoms with Crippen LogP contribution in [0.1, 0.15) is 19.4 Å². The summed E-state index contributed by atoms with van der Waals surface area (Å²) >= 11 is 5.95. The van der Waals surface area contributed by atoms with Gasteiger partial charge in [0.05, 0.1) is 0 Å². The third-order valence-electron chi connectivity index (χ3n) is 2.13. The van der Waals surface area contributed by atoms with Crippen LogP contribution in [-0.4, -0.2) is 19.2 Å². The van der Waals surface area contributed by atoms with Crippen LogP contribution in [0.15, 0.2) is 18.2 Å². The van der Waals surface area contributed by atoms with Crippen molar-refractivity contribution in [3.8, 4) is 5.75 Å². The van der Waals surface area contributed by atoms with E-state index in [0.29, 0.717) is 0 Å². The molecule has 0 radical (unpaired) electrons. The van der Waals surface area contributed by atoms with Crippen molar-refractivity contribution in [2.45, 2.75) is 26.4 Å². The van der Waals surface area contributed by atoms with E-state index >= 15 is 0 Å². The van der Waals surface area contributed by atoms with Crippen molar-refractivity contribution >= 4 is 11.6 Å². The summed E-state index contributed by atoms with van der Waals surface area (Å²) < 4.78 is 5.86. The molecule has 2 nitrogen and oxygen atoms in total. The molecule has 0 aliphatic carbocycles. The molecule has 0 saturated heterocycles. The Labute approximate surface area is 96.6 Å². The molecule has 0 aliphatic heterocycles. The highest BCUT2D eigenvalue weighted by Crippen LogP contribution is 2.24. The molecule has 1 N–H and O–H groups in total. The Balaban J connectivity index is 2.76. The summed E-state index contributed by atoms with van der Waals surface area (Å²) in [5.74, 6) is 0.858. The smallest absolute Gasteiger partial charge is 0.120 e. The molecule has 15 heavy (non-hydrogen) atoms. The average molecular weight is 228 g/mol. The standard InChI is InChI=1S/C12H18ClNO/c1-9-7-10(5-6-11(9)13)15-12(2,3)8-14-4/h5-7,14H,8H2,1-4H3. The second-order valence-electron chi connectivity index (χ2n) is 4.30. The number of likely N-dealkylation sites (N-methyl/N-ethyl adjacent to an activating group) is 1. The highest BCUT2D eigenvalue weighted by Gasteiger charge is 2.18. The minimum Gasteiger partial charge on any atom is -0.487 e. The molecule has 0 heterocycles. The van der Waals surface area contributed by atoms with Gasteiger partial charge in [-0.15, -0.1) is 0 Å². The van der Waals surface area contributed by atoms with E-state index in [2.05, 4.69) is 5.32 Å². The Hall–Kier alpha value is -0.730. The Kier molecular flexibility index (Phi) is 4.00. The maximum atomic E-state index is 5.95. The monoisotopic (exact) mass is 227 g/mol. The van der Waals surface area contributed by atoms with Gasteiger partial charge in [-0.1, -0.05) is 11.6 Å². The first-order valence-corrected chi connectivity index (χ1v) is 5.42. The fourth-order valence-electron chi connectivity index (χ4n) is 1.46. The number of hydrogen-bond acceptors (Lipinski definition) is 2. The van der Waals surface area contributed by atoms with Gasteiger partial charge in [-0.25, -0.2) is 0 Å². The maximum absolute atomic E-state index is 5.95. The maximum Gasteiger partial charge on any atom is 0.120 e. The van der Waals surface area contributed by atoms with E-state index in [-0.39, 0.29) is 5.60 Å². The van der Waals surface area contributed by atoms with E-state index in [4.69, 9.17) is 16.3 Å². The molecule has 1 aromatic rings. The summed E-state index contributed by atoms with van der Waals surface area (Å²) in [7, 11) is 1.91. The minimum absolute atomic E-state index is 0.213. The predicted octanol–water partition coefficient (Wildman–Crippen LogP) is 3.03. The lowest BCUT2D eigenvalue weighted by Crippen LogP contribution is -2.38. The zero-order valence-electron chi connectivity index (χ0n) is 9.73. The summed E-state index contributed by atoms with van der Waals surface area (Å²) in [4.78, 5) is 0.